The first-order valence-electron chi connectivity index (χ1n) is 10.6. The van der Waals surface area contributed by atoms with Gasteiger partial charge in [0.25, 0.3) is 5.91 Å². The van der Waals surface area contributed by atoms with E-state index >= 15 is 0 Å². The number of amides is 3. The fourth-order valence-corrected chi connectivity index (χ4v) is 3.79. The highest BCUT2D eigenvalue weighted by atomic mass is 19.1. The summed E-state index contributed by atoms with van der Waals surface area (Å²) in [6.45, 7) is 3.73. The van der Waals surface area contributed by atoms with Crippen molar-refractivity contribution in [3.63, 3.8) is 0 Å². The molecule has 1 saturated heterocycles. The number of carbonyl (C=O) groups excluding carboxylic acids is 2. The van der Waals surface area contributed by atoms with Crippen LogP contribution in [0.25, 0.3) is 0 Å². The number of urea groups is 1. The van der Waals surface area contributed by atoms with Crippen LogP contribution in [-0.2, 0) is 0 Å². The second kappa shape index (κ2) is 9.51. The van der Waals surface area contributed by atoms with Gasteiger partial charge in [-0.25, -0.2) is 9.18 Å². The van der Waals surface area contributed by atoms with E-state index in [1.807, 2.05) is 37.3 Å². The van der Waals surface area contributed by atoms with Crippen molar-refractivity contribution in [2.24, 2.45) is 0 Å². The van der Waals surface area contributed by atoms with Crippen LogP contribution >= 0.6 is 0 Å². The Labute approximate surface area is 186 Å². The molecule has 6 nitrogen and oxygen atoms in total. The van der Waals surface area contributed by atoms with Crippen LogP contribution in [0.5, 0.6) is 0 Å². The van der Waals surface area contributed by atoms with Gasteiger partial charge in [0.15, 0.2) is 0 Å². The number of anilines is 4. The summed E-state index contributed by atoms with van der Waals surface area (Å²) >= 11 is 0. The smallest absolute Gasteiger partial charge is 0.323 e. The van der Waals surface area contributed by atoms with Crippen LogP contribution in [0.15, 0.2) is 66.7 Å². The van der Waals surface area contributed by atoms with Gasteiger partial charge in [-0.3, -0.25) is 4.79 Å². The molecule has 0 atom stereocenters. The molecule has 3 amide bonds. The first-order chi connectivity index (χ1) is 15.5. The summed E-state index contributed by atoms with van der Waals surface area (Å²) in [7, 11) is 0. The van der Waals surface area contributed by atoms with E-state index in [9.17, 15) is 14.0 Å². The van der Waals surface area contributed by atoms with Crippen molar-refractivity contribution in [3.8, 4) is 0 Å². The standard InChI is InChI=1S/C25H25FN4O2/c1-17-6-4-7-18(14-17)24(31)27-21-10-11-23(30-12-2-3-13-30)22(16-21)29-25(32)28-20-9-5-8-19(26)15-20/h4-11,14-16H,2-3,12-13H2,1H3,(H,27,31)(H2,28,29,32). The molecule has 0 saturated carbocycles. The lowest BCUT2D eigenvalue weighted by Crippen LogP contribution is -2.24. The average Bonchev–Trinajstić information content (AvgIpc) is 3.28. The van der Waals surface area contributed by atoms with Gasteiger partial charge in [0, 0.05) is 30.0 Å². The van der Waals surface area contributed by atoms with Gasteiger partial charge in [-0.2, -0.15) is 0 Å². The number of nitrogens with zero attached hydrogens (tertiary/aromatic N) is 1. The molecule has 3 N–H and O–H groups in total. The Kier molecular flexibility index (Phi) is 6.35. The van der Waals surface area contributed by atoms with Crippen LogP contribution in [0.4, 0.5) is 31.9 Å². The Morgan fingerprint density at radius 2 is 1.59 bits per heavy atom. The number of benzene rings is 3. The lowest BCUT2D eigenvalue weighted by atomic mass is 10.1. The molecule has 164 valence electrons. The van der Waals surface area contributed by atoms with Crippen molar-refractivity contribution in [3.05, 3.63) is 83.7 Å². The summed E-state index contributed by atoms with van der Waals surface area (Å²) in [4.78, 5) is 27.5. The van der Waals surface area contributed by atoms with E-state index in [0.29, 0.717) is 22.6 Å². The number of hydrogen-bond donors (Lipinski definition) is 3. The van der Waals surface area contributed by atoms with E-state index in [1.165, 1.54) is 18.2 Å². The maximum atomic E-state index is 13.4. The largest absolute Gasteiger partial charge is 0.370 e. The van der Waals surface area contributed by atoms with Gasteiger partial charge in [-0.05, 0) is 68.3 Å². The maximum Gasteiger partial charge on any atom is 0.323 e. The Morgan fingerprint density at radius 1 is 0.844 bits per heavy atom. The minimum absolute atomic E-state index is 0.224. The topological polar surface area (TPSA) is 73.5 Å². The molecule has 0 bridgehead atoms. The van der Waals surface area contributed by atoms with E-state index in [1.54, 1.807) is 18.2 Å². The lowest BCUT2D eigenvalue weighted by molar-refractivity contribution is 0.102. The molecule has 0 spiro atoms. The fraction of sp³-hybridized carbons (Fsp3) is 0.200. The maximum absolute atomic E-state index is 13.4. The highest BCUT2D eigenvalue weighted by Gasteiger charge is 2.18. The molecule has 0 aromatic heterocycles. The number of hydrogen-bond acceptors (Lipinski definition) is 3. The lowest BCUT2D eigenvalue weighted by Gasteiger charge is -2.22. The van der Waals surface area contributed by atoms with Gasteiger partial charge in [0.1, 0.15) is 5.82 Å². The summed E-state index contributed by atoms with van der Waals surface area (Å²) in [6.07, 6.45) is 2.17. The summed E-state index contributed by atoms with van der Waals surface area (Å²) in [5, 5.41) is 8.39. The van der Waals surface area contributed by atoms with E-state index in [0.717, 1.165) is 37.2 Å². The van der Waals surface area contributed by atoms with Gasteiger partial charge in [-0.1, -0.05) is 23.8 Å². The molecule has 0 radical (unpaired) electrons. The van der Waals surface area contributed by atoms with E-state index < -0.39 is 11.8 Å². The van der Waals surface area contributed by atoms with Crippen molar-refractivity contribution in [1.29, 1.82) is 0 Å². The minimum atomic E-state index is -0.488. The zero-order valence-corrected chi connectivity index (χ0v) is 17.8. The molecular weight excluding hydrogens is 407 g/mol. The molecule has 32 heavy (non-hydrogen) atoms. The number of aryl methyl sites for hydroxylation is 1. The number of nitrogens with one attached hydrogen (secondary N) is 3. The molecule has 4 rings (SSSR count). The first kappa shape index (κ1) is 21.4. The van der Waals surface area contributed by atoms with Gasteiger partial charge in [0.05, 0.1) is 11.4 Å². The predicted octanol–water partition coefficient (Wildman–Crippen LogP) is 5.63. The molecule has 1 fully saturated rings. The van der Waals surface area contributed by atoms with Crippen LogP contribution in [-0.4, -0.2) is 25.0 Å². The zero-order valence-electron chi connectivity index (χ0n) is 17.8. The quantitative estimate of drug-likeness (QED) is 0.489. The van der Waals surface area contributed by atoms with Crippen LogP contribution < -0.4 is 20.9 Å². The minimum Gasteiger partial charge on any atom is -0.370 e. The summed E-state index contributed by atoms with van der Waals surface area (Å²) in [6, 6.07) is 18.0. The van der Waals surface area contributed by atoms with Crippen molar-refractivity contribution < 1.29 is 14.0 Å². The number of carbonyl (C=O) groups is 2. The van der Waals surface area contributed by atoms with Crippen LogP contribution in [0.1, 0.15) is 28.8 Å². The third kappa shape index (κ3) is 5.24. The molecule has 1 heterocycles. The normalized spacial score (nSPS) is 13.0. The van der Waals surface area contributed by atoms with Crippen molar-refractivity contribution in [2.45, 2.75) is 19.8 Å². The molecule has 0 unspecified atom stereocenters. The summed E-state index contributed by atoms with van der Waals surface area (Å²) < 4.78 is 13.4. The second-order valence-electron chi connectivity index (χ2n) is 7.84. The third-order valence-electron chi connectivity index (χ3n) is 5.31. The third-order valence-corrected chi connectivity index (χ3v) is 5.31. The molecule has 3 aromatic carbocycles. The van der Waals surface area contributed by atoms with Crippen LogP contribution in [0.2, 0.25) is 0 Å². The highest BCUT2D eigenvalue weighted by molar-refractivity contribution is 6.06. The van der Waals surface area contributed by atoms with Crippen molar-refractivity contribution >= 4 is 34.7 Å². The highest BCUT2D eigenvalue weighted by Crippen LogP contribution is 2.32. The number of halogens is 1. The molecule has 3 aromatic rings. The Hall–Kier alpha value is -3.87. The van der Waals surface area contributed by atoms with Gasteiger partial charge in [-0.15, -0.1) is 0 Å². The van der Waals surface area contributed by atoms with Crippen LogP contribution in [0, 0.1) is 12.7 Å². The summed E-state index contributed by atoms with van der Waals surface area (Å²) in [5.74, 6) is -0.654. The van der Waals surface area contributed by atoms with Crippen molar-refractivity contribution in [1.82, 2.24) is 0 Å². The molecular formula is C25H25FN4O2. The van der Waals surface area contributed by atoms with E-state index in [2.05, 4.69) is 20.9 Å². The zero-order chi connectivity index (χ0) is 22.5. The summed E-state index contributed by atoms with van der Waals surface area (Å²) in [5.41, 5.74) is 3.94. The Balaban J connectivity index is 1.55. The second-order valence-corrected chi connectivity index (χ2v) is 7.84. The van der Waals surface area contributed by atoms with Crippen LogP contribution in [0.3, 0.4) is 0 Å². The first-order valence-corrected chi connectivity index (χ1v) is 10.6. The Morgan fingerprint density at radius 3 is 2.34 bits per heavy atom. The number of rotatable bonds is 5. The molecule has 1 aliphatic heterocycles. The van der Waals surface area contributed by atoms with Gasteiger partial charge in [0.2, 0.25) is 0 Å². The fourth-order valence-electron chi connectivity index (χ4n) is 3.79. The monoisotopic (exact) mass is 432 g/mol. The predicted molar refractivity (Wildman–Crippen MR) is 126 cm³/mol. The van der Waals surface area contributed by atoms with E-state index in [-0.39, 0.29) is 5.91 Å². The van der Waals surface area contributed by atoms with Gasteiger partial charge < -0.3 is 20.9 Å². The molecule has 0 aliphatic carbocycles. The van der Waals surface area contributed by atoms with Crippen molar-refractivity contribution in [2.75, 3.05) is 33.9 Å². The van der Waals surface area contributed by atoms with Gasteiger partial charge >= 0.3 is 6.03 Å². The van der Waals surface area contributed by atoms with E-state index in [4.69, 9.17) is 0 Å². The molecule has 7 heteroatoms. The Bertz CT molecular complexity index is 1140. The SMILES string of the molecule is Cc1cccc(C(=O)Nc2ccc(N3CCCC3)c(NC(=O)Nc3cccc(F)c3)c2)c1. The molecule has 1 aliphatic rings. The average molecular weight is 432 g/mol.